The minimum absolute atomic E-state index is 0.0615. The van der Waals surface area contributed by atoms with Gasteiger partial charge in [-0.25, -0.2) is 22.3 Å². The summed E-state index contributed by atoms with van der Waals surface area (Å²) in [5.41, 5.74) is -1.72. The molecule has 1 saturated heterocycles. The van der Waals surface area contributed by atoms with Gasteiger partial charge in [-0.3, -0.25) is 0 Å². The van der Waals surface area contributed by atoms with Crippen molar-refractivity contribution < 1.29 is 31.1 Å². The molecule has 1 fully saturated rings. The Labute approximate surface area is 119 Å². The molecule has 0 aromatic heterocycles. The van der Waals surface area contributed by atoms with E-state index in [2.05, 4.69) is 0 Å². The van der Waals surface area contributed by atoms with Gasteiger partial charge in [-0.05, 0) is 6.07 Å². The molecule has 5 nitrogen and oxygen atoms in total. The van der Waals surface area contributed by atoms with Crippen LogP contribution in [0, 0.1) is 11.6 Å². The molecule has 1 aliphatic rings. The van der Waals surface area contributed by atoms with Gasteiger partial charge in [0.2, 0.25) is 15.8 Å². The quantitative estimate of drug-likeness (QED) is 0.910. The molecule has 0 atom stereocenters. The first-order chi connectivity index (χ1) is 9.71. The third kappa shape index (κ3) is 3.86. The maximum atomic E-state index is 14.3. The van der Waals surface area contributed by atoms with Crippen LogP contribution in [0.25, 0.3) is 0 Å². The van der Waals surface area contributed by atoms with E-state index >= 15 is 0 Å². The van der Waals surface area contributed by atoms with Gasteiger partial charge < -0.3 is 9.47 Å². The van der Waals surface area contributed by atoms with Crippen molar-refractivity contribution in [2.75, 3.05) is 19.8 Å². The van der Waals surface area contributed by atoms with Crippen LogP contribution in [0.3, 0.4) is 0 Å². The summed E-state index contributed by atoms with van der Waals surface area (Å²) in [5.74, 6) is -3.52. The third-order valence-electron chi connectivity index (χ3n) is 3.17. The van der Waals surface area contributed by atoms with Crippen LogP contribution in [0.1, 0.15) is 12.8 Å². The van der Waals surface area contributed by atoms with Crippen LogP contribution in [-0.4, -0.2) is 33.9 Å². The van der Waals surface area contributed by atoms with E-state index in [1.807, 2.05) is 0 Å². The minimum atomic E-state index is -4.22. The molecule has 0 aliphatic carbocycles. The molecule has 0 unspecified atom stereocenters. The number of sulfonamides is 1. The number of alkyl halides is 1. The topological polar surface area (TPSA) is 78.6 Å². The fourth-order valence-electron chi connectivity index (χ4n) is 1.90. The van der Waals surface area contributed by atoms with Crippen LogP contribution < -0.4 is 9.88 Å². The number of halogens is 3. The van der Waals surface area contributed by atoms with E-state index in [9.17, 15) is 21.6 Å². The number of ether oxygens (including phenoxy) is 2. The lowest BCUT2D eigenvalue weighted by Gasteiger charge is -2.29. The van der Waals surface area contributed by atoms with Gasteiger partial charge in [0.15, 0.2) is 11.6 Å². The molecule has 9 heteroatoms. The van der Waals surface area contributed by atoms with Crippen LogP contribution in [0.4, 0.5) is 13.2 Å². The number of benzene rings is 1. The Bertz CT molecular complexity index is 630. The molecular formula is C12H14F3NO4S. The van der Waals surface area contributed by atoms with E-state index in [-0.39, 0.29) is 26.1 Å². The first kappa shape index (κ1) is 16.1. The molecule has 0 amide bonds. The van der Waals surface area contributed by atoms with Gasteiger partial charge in [0.1, 0.15) is 12.3 Å². The van der Waals surface area contributed by atoms with Crippen molar-refractivity contribution in [3.63, 3.8) is 0 Å². The first-order valence-corrected chi connectivity index (χ1v) is 7.67. The van der Waals surface area contributed by atoms with E-state index in [4.69, 9.17) is 14.6 Å². The molecule has 118 valence electrons. The predicted octanol–water partition coefficient (Wildman–Crippen LogP) is 1.51. The standard InChI is InChI=1S/C12H14F3NO4S/c13-9-5-8(21(16,17)18)6-10(11(9)14)20-7-12(15)1-3-19-4-2-12/h5-6H,1-4,7H2,(H2,16,17,18). The Morgan fingerprint density at radius 3 is 2.48 bits per heavy atom. The lowest BCUT2D eigenvalue weighted by Crippen LogP contribution is -2.37. The summed E-state index contributed by atoms with van der Waals surface area (Å²) in [6.07, 6.45) is 0.123. The first-order valence-electron chi connectivity index (χ1n) is 6.13. The summed E-state index contributed by atoms with van der Waals surface area (Å²) in [5, 5.41) is 4.85. The van der Waals surface area contributed by atoms with Crippen molar-refractivity contribution >= 4 is 10.0 Å². The summed E-state index contributed by atoms with van der Waals surface area (Å²) in [7, 11) is -4.22. The molecule has 1 heterocycles. The lowest BCUT2D eigenvalue weighted by molar-refractivity contribution is -0.0330. The Morgan fingerprint density at radius 1 is 1.29 bits per heavy atom. The van der Waals surface area contributed by atoms with Crippen molar-refractivity contribution in [2.24, 2.45) is 5.14 Å². The van der Waals surface area contributed by atoms with Crippen LogP contribution >= 0.6 is 0 Å². The highest BCUT2D eigenvalue weighted by Gasteiger charge is 2.34. The molecule has 0 saturated carbocycles. The number of nitrogens with two attached hydrogens (primary N) is 1. The van der Waals surface area contributed by atoms with E-state index in [1.54, 1.807) is 0 Å². The SMILES string of the molecule is NS(=O)(=O)c1cc(F)c(F)c(OCC2(F)CCOCC2)c1. The summed E-state index contributed by atoms with van der Waals surface area (Å²) in [4.78, 5) is -0.642. The second-order valence-corrected chi connectivity index (χ2v) is 6.38. The Hall–Kier alpha value is -1.32. The fourth-order valence-corrected chi connectivity index (χ4v) is 2.44. The molecular weight excluding hydrogens is 311 g/mol. The minimum Gasteiger partial charge on any atom is -0.487 e. The zero-order valence-electron chi connectivity index (χ0n) is 10.9. The average molecular weight is 325 g/mol. The van der Waals surface area contributed by atoms with Gasteiger partial charge in [-0.2, -0.15) is 4.39 Å². The highest BCUT2D eigenvalue weighted by Crippen LogP contribution is 2.29. The van der Waals surface area contributed by atoms with Crippen molar-refractivity contribution in [2.45, 2.75) is 23.4 Å². The van der Waals surface area contributed by atoms with Crippen LogP contribution in [0.5, 0.6) is 5.75 Å². The summed E-state index contributed by atoms with van der Waals surface area (Å²) in [6.45, 7) is -0.122. The summed E-state index contributed by atoms with van der Waals surface area (Å²) < 4.78 is 73.4. The molecule has 0 spiro atoms. The average Bonchev–Trinajstić information content (AvgIpc) is 2.40. The zero-order valence-corrected chi connectivity index (χ0v) is 11.8. The van der Waals surface area contributed by atoms with E-state index in [1.165, 1.54) is 0 Å². The lowest BCUT2D eigenvalue weighted by atomic mass is 9.98. The zero-order chi connectivity index (χ0) is 15.7. The van der Waals surface area contributed by atoms with Gasteiger partial charge >= 0.3 is 0 Å². The molecule has 0 radical (unpaired) electrons. The van der Waals surface area contributed by atoms with E-state index < -0.39 is 44.6 Å². The van der Waals surface area contributed by atoms with Gasteiger partial charge in [-0.1, -0.05) is 0 Å². The normalized spacial score (nSPS) is 18.5. The highest BCUT2D eigenvalue weighted by molar-refractivity contribution is 7.89. The Kier molecular flexibility index (Phi) is 4.45. The molecule has 2 rings (SSSR count). The molecule has 21 heavy (non-hydrogen) atoms. The predicted molar refractivity (Wildman–Crippen MR) is 67.1 cm³/mol. The Balaban J connectivity index is 2.21. The van der Waals surface area contributed by atoms with Gasteiger partial charge in [0.25, 0.3) is 0 Å². The second kappa shape index (κ2) is 5.82. The number of primary sulfonamides is 1. The van der Waals surface area contributed by atoms with Gasteiger partial charge in [0.05, 0.1) is 4.90 Å². The fraction of sp³-hybridized carbons (Fsp3) is 0.500. The smallest absolute Gasteiger partial charge is 0.238 e. The molecule has 1 aliphatic heterocycles. The molecule has 0 bridgehead atoms. The van der Waals surface area contributed by atoms with Crippen LogP contribution in [0.15, 0.2) is 17.0 Å². The second-order valence-electron chi connectivity index (χ2n) is 4.81. The molecule has 2 N–H and O–H groups in total. The maximum absolute atomic E-state index is 14.3. The number of hydrogen-bond donors (Lipinski definition) is 1. The van der Waals surface area contributed by atoms with Crippen LogP contribution in [0.2, 0.25) is 0 Å². The van der Waals surface area contributed by atoms with Crippen molar-refractivity contribution in [1.29, 1.82) is 0 Å². The largest absolute Gasteiger partial charge is 0.487 e. The van der Waals surface area contributed by atoms with E-state index in [0.29, 0.717) is 6.07 Å². The van der Waals surface area contributed by atoms with Crippen molar-refractivity contribution in [1.82, 2.24) is 0 Å². The van der Waals surface area contributed by atoms with Crippen molar-refractivity contribution in [3.05, 3.63) is 23.8 Å². The summed E-state index contributed by atoms with van der Waals surface area (Å²) in [6, 6.07) is 1.17. The molecule has 1 aromatic rings. The van der Waals surface area contributed by atoms with Crippen LogP contribution in [-0.2, 0) is 14.8 Å². The number of hydrogen-bond acceptors (Lipinski definition) is 4. The Morgan fingerprint density at radius 2 is 1.90 bits per heavy atom. The molecule has 1 aromatic carbocycles. The third-order valence-corrected chi connectivity index (χ3v) is 4.06. The van der Waals surface area contributed by atoms with Gasteiger partial charge in [-0.15, -0.1) is 0 Å². The number of rotatable bonds is 4. The van der Waals surface area contributed by atoms with Crippen molar-refractivity contribution in [3.8, 4) is 5.75 Å². The maximum Gasteiger partial charge on any atom is 0.238 e. The highest BCUT2D eigenvalue weighted by atomic mass is 32.2. The monoisotopic (exact) mass is 325 g/mol. The summed E-state index contributed by atoms with van der Waals surface area (Å²) >= 11 is 0. The van der Waals surface area contributed by atoms with Gasteiger partial charge in [0, 0.05) is 32.1 Å². The van der Waals surface area contributed by atoms with E-state index in [0.717, 1.165) is 6.07 Å².